The summed E-state index contributed by atoms with van der Waals surface area (Å²) in [5, 5.41) is 10.6. The minimum absolute atomic E-state index is 0.0821. The van der Waals surface area contributed by atoms with E-state index in [1.54, 1.807) is 0 Å². The number of phosphoric ester groups is 2. The van der Waals surface area contributed by atoms with Gasteiger partial charge in [-0.3, -0.25) is 37.3 Å². The first-order valence-electron chi connectivity index (χ1n) is 41.3. The second kappa shape index (κ2) is 73.9. The van der Waals surface area contributed by atoms with E-state index in [-0.39, 0.29) is 25.7 Å². The van der Waals surface area contributed by atoms with Crippen molar-refractivity contribution in [3.63, 3.8) is 0 Å². The van der Waals surface area contributed by atoms with Gasteiger partial charge < -0.3 is 33.8 Å². The Labute approximate surface area is 617 Å². The summed E-state index contributed by atoms with van der Waals surface area (Å²) in [6.07, 6.45) is 71.1. The van der Waals surface area contributed by atoms with E-state index < -0.39 is 97.5 Å². The summed E-state index contributed by atoms with van der Waals surface area (Å²) in [5.74, 6) is -1.44. The summed E-state index contributed by atoms with van der Waals surface area (Å²) in [5.41, 5.74) is 0. The second-order valence-corrected chi connectivity index (χ2v) is 31.3. The lowest BCUT2D eigenvalue weighted by atomic mass is 10.00. The molecule has 0 bridgehead atoms. The number of hydrogen-bond acceptors (Lipinski definition) is 15. The fourth-order valence-electron chi connectivity index (χ4n) is 11.7. The monoisotopic (exact) mass is 1470 g/mol. The fourth-order valence-corrected chi connectivity index (χ4v) is 13.2. The van der Waals surface area contributed by atoms with Crippen molar-refractivity contribution in [2.75, 3.05) is 39.6 Å². The molecule has 0 radical (unpaired) electrons. The molecule has 3 unspecified atom stereocenters. The topological polar surface area (TPSA) is 237 Å². The van der Waals surface area contributed by atoms with E-state index in [2.05, 4.69) is 83.2 Å². The predicted octanol–water partition coefficient (Wildman–Crippen LogP) is 23.9. The molecule has 0 aliphatic rings. The second-order valence-electron chi connectivity index (χ2n) is 28.4. The summed E-state index contributed by atoms with van der Waals surface area (Å²) in [6, 6.07) is 0. The Balaban J connectivity index is 5.29. The molecule has 0 aliphatic carbocycles. The predicted molar refractivity (Wildman–Crippen MR) is 413 cm³/mol. The van der Waals surface area contributed by atoms with Gasteiger partial charge in [0.25, 0.3) is 0 Å². The van der Waals surface area contributed by atoms with Crippen LogP contribution in [-0.2, 0) is 65.4 Å². The average Bonchev–Trinajstić information content (AvgIpc) is 0.965. The normalized spacial score (nSPS) is 14.4. The molecule has 101 heavy (non-hydrogen) atoms. The van der Waals surface area contributed by atoms with Crippen LogP contribution in [-0.4, -0.2) is 96.7 Å². The van der Waals surface area contributed by atoms with Gasteiger partial charge in [0.15, 0.2) is 12.2 Å². The number of carbonyl (C=O) groups is 4. The van der Waals surface area contributed by atoms with Crippen molar-refractivity contribution in [1.29, 1.82) is 0 Å². The van der Waals surface area contributed by atoms with Crippen molar-refractivity contribution in [1.82, 2.24) is 0 Å². The highest BCUT2D eigenvalue weighted by Gasteiger charge is 2.30. The molecule has 0 aromatic heterocycles. The van der Waals surface area contributed by atoms with Gasteiger partial charge in [0, 0.05) is 25.7 Å². The van der Waals surface area contributed by atoms with Gasteiger partial charge in [-0.1, -0.05) is 334 Å². The number of carbonyl (C=O) groups excluding carboxylic acids is 4. The Kier molecular flexibility index (Phi) is 71.7. The number of hydrogen-bond donors (Lipinski definition) is 3. The average molecular weight is 1470 g/mol. The van der Waals surface area contributed by atoms with E-state index in [1.807, 2.05) is 0 Å². The fraction of sp³-hybridized carbons (Fsp3) is 0.854. The smallest absolute Gasteiger partial charge is 0.462 e. The number of esters is 4. The number of aliphatic hydroxyl groups is 1. The zero-order valence-electron chi connectivity index (χ0n) is 65.0. The molecule has 0 amide bonds. The van der Waals surface area contributed by atoms with E-state index in [1.165, 1.54) is 173 Å². The third kappa shape index (κ3) is 73.7. The maximum Gasteiger partial charge on any atom is 0.472 e. The van der Waals surface area contributed by atoms with Gasteiger partial charge in [-0.25, -0.2) is 9.13 Å². The van der Waals surface area contributed by atoms with Crippen LogP contribution in [0, 0.1) is 5.92 Å². The van der Waals surface area contributed by atoms with Crippen molar-refractivity contribution in [2.24, 2.45) is 5.92 Å². The largest absolute Gasteiger partial charge is 0.472 e. The Morgan fingerprint density at radius 2 is 0.554 bits per heavy atom. The van der Waals surface area contributed by atoms with E-state index in [0.717, 1.165) is 134 Å². The Bertz CT molecular complexity index is 2120. The minimum atomic E-state index is -4.97. The molecular formula is C82H152O17P2. The van der Waals surface area contributed by atoms with Crippen LogP contribution in [0.25, 0.3) is 0 Å². The highest BCUT2D eigenvalue weighted by atomic mass is 31.2. The number of aliphatic hydroxyl groups excluding tert-OH is 1. The summed E-state index contributed by atoms with van der Waals surface area (Å²) in [4.78, 5) is 73.0. The summed E-state index contributed by atoms with van der Waals surface area (Å²) >= 11 is 0. The van der Waals surface area contributed by atoms with Crippen LogP contribution in [0.15, 0.2) is 48.6 Å². The molecule has 592 valence electrons. The number of allylic oxidation sites excluding steroid dienone is 8. The van der Waals surface area contributed by atoms with E-state index in [0.29, 0.717) is 25.7 Å². The lowest BCUT2D eigenvalue weighted by molar-refractivity contribution is -0.161. The molecule has 0 spiro atoms. The van der Waals surface area contributed by atoms with Gasteiger partial charge in [0.2, 0.25) is 0 Å². The first-order valence-corrected chi connectivity index (χ1v) is 44.3. The van der Waals surface area contributed by atoms with Gasteiger partial charge in [0.1, 0.15) is 19.3 Å². The molecule has 0 saturated heterocycles. The Morgan fingerprint density at radius 1 is 0.317 bits per heavy atom. The van der Waals surface area contributed by atoms with Crippen LogP contribution >= 0.6 is 15.6 Å². The van der Waals surface area contributed by atoms with Crippen LogP contribution in [0.4, 0.5) is 0 Å². The lowest BCUT2D eigenvalue weighted by Crippen LogP contribution is -2.30. The molecule has 0 aromatic carbocycles. The lowest BCUT2D eigenvalue weighted by Gasteiger charge is -2.21. The summed E-state index contributed by atoms with van der Waals surface area (Å²) < 4.78 is 68.6. The molecule has 6 atom stereocenters. The summed E-state index contributed by atoms with van der Waals surface area (Å²) in [6.45, 7) is 7.15. The molecular weight excluding hydrogens is 1320 g/mol. The minimum Gasteiger partial charge on any atom is -0.462 e. The highest BCUT2D eigenvalue weighted by molar-refractivity contribution is 7.47. The standard InChI is InChI=1S/C82H152O17P2/c1-6-10-13-16-19-22-25-28-31-32-33-34-35-36-39-42-45-48-51-58-63-67-81(86)98-77(71-92-79(84)65-60-55-49-46-43-40-37-29-26-23-20-17-14-11-7-2)73-96-100(88,89)94-69-76(83)70-95-101(90,91)97-74-78(72-93-80(85)66-61-56-53-52-54-59-64-75(5)9-4)99-82(87)68-62-57-50-47-44-41-38-30-27-24-21-18-15-12-8-3/h23-24,26-27,29-30,37-38,75-78,83H,6-22,25,28,31-36,39-74H2,1-5H3,(H,88,89)(H,90,91)/b26-23-,27-24-,37-29-,38-30-/t75?,76-,77-,78-/m1/s1. The Hall–Kier alpha value is -2.98. The molecule has 0 heterocycles. The van der Waals surface area contributed by atoms with Crippen molar-refractivity contribution in [3.8, 4) is 0 Å². The van der Waals surface area contributed by atoms with Gasteiger partial charge in [-0.05, 0) is 83.0 Å². The van der Waals surface area contributed by atoms with E-state index in [9.17, 15) is 43.2 Å². The molecule has 0 saturated carbocycles. The van der Waals surface area contributed by atoms with Gasteiger partial charge >= 0.3 is 39.5 Å². The number of rotatable bonds is 78. The van der Waals surface area contributed by atoms with Gasteiger partial charge in [-0.15, -0.1) is 0 Å². The maximum atomic E-state index is 13.1. The van der Waals surface area contributed by atoms with Crippen LogP contribution in [0.2, 0.25) is 0 Å². The third-order valence-corrected chi connectivity index (χ3v) is 20.3. The van der Waals surface area contributed by atoms with Crippen LogP contribution in [0.1, 0.15) is 388 Å². The molecule has 0 fully saturated rings. The van der Waals surface area contributed by atoms with Crippen molar-refractivity contribution < 1.29 is 80.2 Å². The molecule has 0 rings (SSSR count). The zero-order valence-corrected chi connectivity index (χ0v) is 66.8. The van der Waals surface area contributed by atoms with Crippen LogP contribution in [0.5, 0.6) is 0 Å². The molecule has 0 aliphatic heterocycles. The number of unbranched alkanes of at least 4 members (excludes halogenated alkanes) is 43. The highest BCUT2D eigenvalue weighted by Crippen LogP contribution is 2.45. The first kappa shape index (κ1) is 98.0. The van der Waals surface area contributed by atoms with Crippen LogP contribution < -0.4 is 0 Å². The van der Waals surface area contributed by atoms with Crippen molar-refractivity contribution >= 4 is 39.5 Å². The Morgan fingerprint density at radius 3 is 0.842 bits per heavy atom. The van der Waals surface area contributed by atoms with Crippen LogP contribution in [0.3, 0.4) is 0 Å². The molecule has 19 heteroatoms. The third-order valence-electron chi connectivity index (χ3n) is 18.4. The number of ether oxygens (including phenoxy) is 4. The molecule has 3 N–H and O–H groups in total. The SMILES string of the molecule is CCCCCC/C=C\C=C/CCCCCCCC(=O)OC[C@H](COP(=O)(O)OC[C@@H](O)COP(=O)(O)OC[C@@H](COC(=O)CCCCCCCCC(C)CC)OC(=O)CCCCCCC/C=C\C=C/CCCCCC)OC(=O)CCCCCCCCCCCCCCCCCCCCCCC. The van der Waals surface area contributed by atoms with Crippen molar-refractivity contribution in [2.45, 2.75) is 406 Å². The first-order chi connectivity index (χ1) is 49.1. The number of phosphoric acid groups is 2. The molecule has 17 nitrogen and oxygen atoms in total. The van der Waals surface area contributed by atoms with E-state index in [4.69, 9.17) is 37.0 Å². The van der Waals surface area contributed by atoms with Crippen molar-refractivity contribution in [3.05, 3.63) is 48.6 Å². The quantitative estimate of drug-likeness (QED) is 0.0169. The maximum absolute atomic E-state index is 13.1. The summed E-state index contributed by atoms with van der Waals surface area (Å²) in [7, 11) is -9.94. The van der Waals surface area contributed by atoms with Gasteiger partial charge in [0.05, 0.1) is 26.4 Å². The zero-order chi connectivity index (χ0) is 74.1. The van der Waals surface area contributed by atoms with Gasteiger partial charge in [-0.2, -0.15) is 0 Å². The molecule has 0 aromatic rings. The van der Waals surface area contributed by atoms with E-state index >= 15 is 0 Å².